The van der Waals surface area contributed by atoms with Gasteiger partial charge in [-0.1, -0.05) is 23.7 Å². The predicted molar refractivity (Wildman–Crippen MR) is 97.2 cm³/mol. The lowest BCUT2D eigenvalue weighted by atomic mass is 9.87. The van der Waals surface area contributed by atoms with Gasteiger partial charge in [0.2, 0.25) is 0 Å². The highest BCUT2D eigenvalue weighted by atomic mass is 35.5. The number of rotatable bonds is 2. The molecule has 0 spiro atoms. The van der Waals surface area contributed by atoms with Crippen LogP contribution in [-0.2, 0) is 15.6 Å². The number of aliphatic hydroxyl groups is 1. The highest BCUT2D eigenvalue weighted by Crippen LogP contribution is 2.44. The Morgan fingerprint density at radius 1 is 1.16 bits per heavy atom. The fourth-order valence-electron chi connectivity index (χ4n) is 2.86. The fraction of sp³-hybridized carbons (Fsp3) is 0.118. The first-order valence-corrected chi connectivity index (χ1v) is 10.1. The molecule has 4 rings (SSSR count). The minimum absolute atomic E-state index is 0.128. The van der Waals surface area contributed by atoms with Crippen molar-refractivity contribution < 1.29 is 13.5 Å². The lowest BCUT2D eigenvalue weighted by molar-refractivity contribution is 0.0809. The number of fused-ring (bicyclic) bond motifs is 1. The van der Waals surface area contributed by atoms with Gasteiger partial charge in [0, 0.05) is 34.4 Å². The molecule has 1 atom stereocenters. The number of nitrogens with one attached hydrogen (secondary N) is 1. The molecule has 1 aliphatic rings. The summed E-state index contributed by atoms with van der Waals surface area (Å²) in [6, 6.07) is 12.1. The summed E-state index contributed by atoms with van der Waals surface area (Å²) in [4.78, 5) is 4.73. The van der Waals surface area contributed by atoms with Gasteiger partial charge < -0.3 is 5.11 Å². The van der Waals surface area contributed by atoms with E-state index in [0.717, 1.165) is 21.8 Å². The maximum absolute atomic E-state index is 12.4. The SMILES string of the molecule is O=S1(=O)NCC(O)(c2ccc(Cl)cc2)c2cc(-c3ccncc3)sc21. The number of hydrogen-bond donors (Lipinski definition) is 2. The number of β-amino-alcohol motifs (C(OH)–C–C–N with tert-alkyl or cyclic N) is 1. The number of thiophene rings is 1. The molecule has 2 N–H and O–H groups in total. The second-order valence-electron chi connectivity index (χ2n) is 5.74. The molecule has 128 valence electrons. The minimum Gasteiger partial charge on any atom is -0.379 e. The van der Waals surface area contributed by atoms with E-state index in [1.165, 1.54) is 0 Å². The van der Waals surface area contributed by atoms with Crippen LogP contribution in [0, 0.1) is 0 Å². The predicted octanol–water partition coefficient (Wildman–Crippen LogP) is 2.99. The summed E-state index contributed by atoms with van der Waals surface area (Å²) in [6.07, 6.45) is 3.29. The number of hydrogen-bond acceptors (Lipinski definition) is 5. The zero-order valence-corrected chi connectivity index (χ0v) is 15.2. The fourth-order valence-corrected chi connectivity index (χ4v) is 5.89. The van der Waals surface area contributed by atoms with Gasteiger partial charge in [-0.25, -0.2) is 13.1 Å². The maximum atomic E-state index is 12.4. The van der Waals surface area contributed by atoms with Crippen molar-refractivity contribution in [2.24, 2.45) is 0 Å². The molecule has 0 aliphatic carbocycles. The molecule has 1 unspecified atom stereocenters. The van der Waals surface area contributed by atoms with Gasteiger partial charge >= 0.3 is 0 Å². The van der Waals surface area contributed by atoms with Crippen molar-refractivity contribution in [2.75, 3.05) is 6.54 Å². The molecule has 0 radical (unpaired) electrons. The van der Waals surface area contributed by atoms with E-state index in [9.17, 15) is 13.5 Å². The van der Waals surface area contributed by atoms with E-state index in [2.05, 4.69) is 9.71 Å². The van der Waals surface area contributed by atoms with E-state index < -0.39 is 15.6 Å². The number of sulfonamides is 1. The lowest BCUT2D eigenvalue weighted by Gasteiger charge is -2.33. The third kappa shape index (κ3) is 2.78. The first-order valence-electron chi connectivity index (χ1n) is 7.43. The van der Waals surface area contributed by atoms with Crippen LogP contribution in [0.4, 0.5) is 0 Å². The Labute approximate surface area is 154 Å². The number of nitrogens with zero attached hydrogens (tertiary/aromatic N) is 1. The summed E-state index contributed by atoms with van der Waals surface area (Å²) < 4.78 is 27.5. The molecule has 3 aromatic rings. The molecule has 3 heterocycles. The smallest absolute Gasteiger partial charge is 0.250 e. The number of benzene rings is 1. The van der Waals surface area contributed by atoms with Crippen molar-refractivity contribution in [3.63, 3.8) is 0 Å². The van der Waals surface area contributed by atoms with E-state index in [1.54, 1.807) is 54.9 Å². The average molecular weight is 393 g/mol. The summed E-state index contributed by atoms with van der Waals surface area (Å²) in [6.45, 7) is -0.128. The second kappa shape index (κ2) is 5.89. The van der Waals surface area contributed by atoms with Crippen molar-refractivity contribution in [1.29, 1.82) is 0 Å². The molecule has 1 aromatic carbocycles. The standard InChI is InChI=1S/C17H13ClN2O3S2/c18-13-3-1-12(2-4-13)17(21)10-20-25(22,23)16-14(17)9-15(24-16)11-5-7-19-8-6-11/h1-9,20-21H,10H2. The van der Waals surface area contributed by atoms with E-state index in [1.807, 2.05) is 0 Å². The van der Waals surface area contributed by atoms with E-state index in [4.69, 9.17) is 11.6 Å². The van der Waals surface area contributed by atoms with Gasteiger partial charge in [-0.3, -0.25) is 4.98 Å². The highest BCUT2D eigenvalue weighted by Gasteiger charge is 2.43. The summed E-state index contributed by atoms with van der Waals surface area (Å²) in [5.74, 6) is 0. The number of pyridine rings is 1. The van der Waals surface area contributed by atoms with E-state index in [-0.39, 0.29) is 10.8 Å². The van der Waals surface area contributed by atoms with Crippen LogP contribution in [0.1, 0.15) is 11.1 Å². The topological polar surface area (TPSA) is 79.3 Å². The third-order valence-corrected chi connectivity index (χ3v) is 7.56. The van der Waals surface area contributed by atoms with Crippen LogP contribution in [0.3, 0.4) is 0 Å². The van der Waals surface area contributed by atoms with Gasteiger partial charge in [0.1, 0.15) is 9.81 Å². The van der Waals surface area contributed by atoms with Gasteiger partial charge in [-0.2, -0.15) is 0 Å². The van der Waals surface area contributed by atoms with Crippen LogP contribution in [0.25, 0.3) is 10.4 Å². The molecular formula is C17H13ClN2O3S2. The molecule has 0 saturated carbocycles. The molecule has 0 bridgehead atoms. The van der Waals surface area contributed by atoms with E-state index in [0.29, 0.717) is 16.1 Å². The Morgan fingerprint density at radius 3 is 2.52 bits per heavy atom. The molecule has 8 heteroatoms. The van der Waals surface area contributed by atoms with Crippen molar-refractivity contribution in [3.8, 4) is 10.4 Å². The second-order valence-corrected chi connectivity index (χ2v) is 9.19. The molecule has 1 aliphatic heterocycles. The molecule has 25 heavy (non-hydrogen) atoms. The van der Waals surface area contributed by atoms with Crippen LogP contribution in [0.15, 0.2) is 59.1 Å². The number of halogens is 1. The quantitative estimate of drug-likeness (QED) is 0.702. The van der Waals surface area contributed by atoms with Crippen molar-refractivity contribution >= 4 is 33.0 Å². The van der Waals surface area contributed by atoms with E-state index >= 15 is 0 Å². The van der Waals surface area contributed by atoms with Crippen molar-refractivity contribution in [2.45, 2.75) is 9.81 Å². The third-order valence-electron chi connectivity index (χ3n) is 4.19. The molecule has 0 saturated heterocycles. The summed E-state index contributed by atoms with van der Waals surface area (Å²) in [5, 5.41) is 11.9. The monoisotopic (exact) mass is 392 g/mol. The molecule has 5 nitrogen and oxygen atoms in total. The van der Waals surface area contributed by atoms with Crippen molar-refractivity contribution in [3.05, 3.63) is 71.0 Å². The Bertz CT molecular complexity index is 1030. The number of aromatic nitrogens is 1. The zero-order valence-electron chi connectivity index (χ0n) is 12.8. The zero-order chi connectivity index (χ0) is 17.7. The van der Waals surface area contributed by atoms with Gasteiger partial charge in [0.25, 0.3) is 10.0 Å². The Morgan fingerprint density at radius 2 is 1.84 bits per heavy atom. The Kier molecular flexibility index (Phi) is 3.93. The Hall–Kier alpha value is -1.77. The molecule has 0 amide bonds. The Balaban J connectivity index is 1.92. The van der Waals surface area contributed by atoms with Crippen LogP contribution >= 0.6 is 22.9 Å². The van der Waals surface area contributed by atoms with Gasteiger partial charge in [-0.05, 0) is 41.5 Å². The largest absolute Gasteiger partial charge is 0.379 e. The first-order chi connectivity index (χ1) is 11.9. The molecule has 0 fully saturated rings. The highest BCUT2D eigenvalue weighted by molar-refractivity contribution is 7.91. The van der Waals surface area contributed by atoms with Crippen LogP contribution in [0.2, 0.25) is 5.02 Å². The van der Waals surface area contributed by atoms with Crippen molar-refractivity contribution in [1.82, 2.24) is 9.71 Å². The van der Waals surface area contributed by atoms with Crippen LogP contribution < -0.4 is 4.72 Å². The average Bonchev–Trinajstić information content (AvgIpc) is 3.08. The molecule has 2 aromatic heterocycles. The summed E-state index contributed by atoms with van der Waals surface area (Å²) >= 11 is 7.06. The van der Waals surface area contributed by atoms with Crippen LogP contribution in [-0.4, -0.2) is 25.1 Å². The lowest BCUT2D eigenvalue weighted by Crippen LogP contribution is -2.46. The van der Waals surface area contributed by atoms with Gasteiger partial charge in [0.05, 0.1) is 0 Å². The first kappa shape index (κ1) is 16.7. The summed E-state index contributed by atoms with van der Waals surface area (Å²) in [5.41, 5.74) is 0.362. The van der Waals surface area contributed by atoms with Crippen LogP contribution in [0.5, 0.6) is 0 Å². The molecular weight excluding hydrogens is 380 g/mol. The van der Waals surface area contributed by atoms with Gasteiger partial charge in [-0.15, -0.1) is 11.3 Å². The normalized spacial score (nSPS) is 21.7. The maximum Gasteiger partial charge on any atom is 0.250 e. The minimum atomic E-state index is -3.65. The van der Waals surface area contributed by atoms with Gasteiger partial charge in [0.15, 0.2) is 0 Å². The summed E-state index contributed by atoms with van der Waals surface area (Å²) in [7, 11) is -3.65.